The van der Waals surface area contributed by atoms with Crippen molar-refractivity contribution in [1.82, 2.24) is 0 Å². The van der Waals surface area contributed by atoms with Crippen LogP contribution >= 0.6 is 7.92 Å². The third-order valence-corrected chi connectivity index (χ3v) is 8.66. The molecular weight excluding hydrogens is 187 g/mol. The highest BCUT2D eigenvalue weighted by Gasteiger charge is 2.39. The molecule has 1 heteroatoms. The first-order valence-electron chi connectivity index (χ1n) is 6.64. The topological polar surface area (TPSA) is 0 Å². The van der Waals surface area contributed by atoms with Gasteiger partial charge in [0.1, 0.15) is 0 Å². The van der Waals surface area contributed by atoms with Crippen molar-refractivity contribution in [3.63, 3.8) is 0 Å². The second-order valence-corrected chi connectivity index (χ2v) is 8.17. The van der Waals surface area contributed by atoms with Crippen molar-refractivity contribution in [3.8, 4) is 0 Å². The Bertz CT molecular complexity index is 160. The van der Waals surface area contributed by atoms with Gasteiger partial charge >= 0.3 is 0 Å². The van der Waals surface area contributed by atoms with E-state index in [9.17, 15) is 0 Å². The maximum absolute atomic E-state index is 2.42. The molecule has 0 spiro atoms. The summed E-state index contributed by atoms with van der Waals surface area (Å²) in [5, 5.41) is 0. The maximum atomic E-state index is 2.42. The zero-order valence-electron chi connectivity index (χ0n) is 9.84. The predicted molar refractivity (Wildman–Crippen MR) is 66.6 cm³/mol. The molecule has 2 atom stereocenters. The number of hydrogen-bond acceptors (Lipinski definition) is 0. The summed E-state index contributed by atoms with van der Waals surface area (Å²) in [6.45, 7) is 4.85. The molecule has 1 saturated carbocycles. The van der Waals surface area contributed by atoms with Crippen LogP contribution in [0.2, 0.25) is 0 Å². The van der Waals surface area contributed by atoms with Crippen LogP contribution in [0.5, 0.6) is 0 Å². The van der Waals surface area contributed by atoms with Gasteiger partial charge < -0.3 is 0 Å². The fourth-order valence-corrected chi connectivity index (χ4v) is 8.10. The minimum atomic E-state index is 0.427. The molecule has 1 saturated heterocycles. The smallest absolute Gasteiger partial charge is 0.0204 e. The van der Waals surface area contributed by atoms with Gasteiger partial charge in [0.2, 0.25) is 0 Å². The van der Waals surface area contributed by atoms with Gasteiger partial charge in [0.15, 0.2) is 0 Å². The Kier molecular flexibility index (Phi) is 3.88. The fourth-order valence-electron chi connectivity index (χ4n) is 3.61. The van der Waals surface area contributed by atoms with E-state index in [1.807, 2.05) is 0 Å². The first-order chi connectivity index (χ1) is 6.86. The van der Waals surface area contributed by atoms with E-state index < -0.39 is 0 Å². The first kappa shape index (κ1) is 10.9. The monoisotopic (exact) mass is 212 g/mol. The lowest BCUT2D eigenvalue weighted by atomic mass is 10.1. The maximum Gasteiger partial charge on any atom is -0.0204 e. The quantitative estimate of drug-likeness (QED) is 0.591. The van der Waals surface area contributed by atoms with Gasteiger partial charge in [-0.25, -0.2) is 0 Å². The molecule has 1 aliphatic heterocycles. The van der Waals surface area contributed by atoms with Crippen molar-refractivity contribution in [3.05, 3.63) is 0 Å². The van der Waals surface area contributed by atoms with Crippen LogP contribution in [0.15, 0.2) is 0 Å². The standard InChI is InChI=1S/C13H25P/c1-3-11-9-10-12(4-2)14(11)13-7-5-6-8-13/h11-13H,3-10H2,1-2H3. The van der Waals surface area contributed by atoms with Crippen LogP contribution in [0.25, 0.3) is 0 Å². The SMILES string of the molecule is CCC1CCC(CC)P1C1CCCC1. The molecule has 2 fully saturated rings. The molecule has 0 aromatic carbocycles. The zero-order chi connectivity index (χ0) is 9.97. The third kappa shape index (κ3) is 2.01. The summed E-state index contributed by atoms with van der Waals surface area (Å²) in [6, 6.07) is 0. The molecule has 0 aromatic rings. The van der Waals surface area contributed by atoms with Gasteiger partial charge in [-0.2, -0.15) is 0 Å². The van der Waals surface area contributed by atoms with Gasteiger partial charge in [0.25, 0.3) is 0 Å². The zero-order valence-corrected chi connectivity index (χ0v) is 10.7. The highest BCUT2D eigenvalue weighted by molar-refractivity contribution is 7.60. The van der Waals surface area contributed by atoms with E-state index in [1.54, 1.807) is 25.7 Å². The lowest BCUT2D eigenvalue weighted by Gasteiger charge is -2.30. The highest BCUT2D eigenvalue weighted by atomic mass is 31.1. The minimum absolute atomic E-state index is 0.427. The minimum Gasteiger partial charge on any atom is -0.0972 e. The summed E-state index contributed by atoms with van der Waals surface area (Å²) in [6.07, 6.45) is 12.3. The van der Waals surface area contributed by atoms with Crippen LogP contribution in [-0.4, -0.2) is 17.0 Å². The van der Waals surface area contributed by atoms with Gasteiger partial charge in [-0.3, -0.25) is 0 Å². The Balaban J connectivity index is 2.02. The predicted octanol–water partition coefficient (Wildman–Crippen LogP) is 4.76. The van der Waals surface area contributed by atoms with E-state index in [4.69, 9.17) is 0 Å². The summed E-state index contributed by atoms with van der Waals surface area (Å²) in [5.74, 6) is 0. The molecule has 0 N–H and O–H groups in total. The van der Waals surface area contributed by atoms with Crippen LogP contribution in [0.4, 0.5) is 0 Å². The molecular formula is C13H25P. The molecule has 0 bridgehead atoms. The van der Waals surface area contributed by atoms with Gasteiger partial charge in [-0.05, 0) is 55.5 Å². The van der Waals surface area contributed by atoms with Crippen LogP contribution < -0.4 is 0 Å². The summed E-state index contributed by atoms with van der Waals surface area (Å²) >= 11 is 0. The molecule has 0 radical (unpaired) electrons. The Morgan fingerprint density at radius 2 is 1.36 bits per heavy atom. The van der Waals surface area contributed by atoms with E-state index in [0.29, 0.717) is 7.92 Å². The largest absolute Gasteiger partial charge is 0.0972 e. The molecule has 0 nitrogen and oxygen atoms in total. The van der Waals surface area contributed by atoms with Crippen LogP contribution in [0, 0.1) is 0 Å². The summed E-state index contributed by atoms with van der Waals surface area (Å²) in [4.78, 5) is 0. The van der Waals surface area contributed by atoms with Gasteiger partial charge in [-0.1, -0.05) is 34.6 Å². The number of rotatable bonds is 3. The van der Waals surface area contributed by atoms with Gasteiger partial charge in [-0.15, -0.1) is 0 Å². The van der Waals surface area contributed by atoms with Crippen molar-refractivity contribution >= 4 is 7.92 Å². The molecule has 2 rings (SSSR count). The van der Waals surface area contributed by atoms with E-state index in [-0.39, 0.29) is 0 Å². The van der Waals surface area contributed by atoms with Crippen molar-refractivity contribution in [2.75, 3.05) is 0 Å². The second kappa shape index (κ2) is 4.97. The molecule has 82 valence electrons. The van der Waals surface area contributed by atoms with E-state index in [0.717, 1.165) is 11.3 Å². The summed E-state index contributed by atoms with van der Waals surface area (Å²) in [5.41, 5.74) is 3.48. The first-order valence-corrected chi connectivity index (χ1v) is 8.19. The Morgan fingerprint density at radius 3 is 1.79 bits per heavy atom. The molecule has 1 heterocycles. The van der Waals surface area contributed by atoms with Crippen LogP contribution in [0.1, 0.15) is 65.2 Å². The lowest BCUT2D eigenvalue weighted by molar-refractivity contribution is 0.696. The van der Waals surface area contributed by atoms with E-state index >= 15 is 0 Å². The van der Waals surface area contributed by atoms with Crippen molar-refractivity contribution in [1.29, 1.82) is 0 Å². The van der Waals surface area contributed by atoms with Crippen LogP contribution in [-0.2, 0) is 0 Å². The Labute approximate surface area is 90.6 Å². The van der Waals surface area contributed by atoms with Crippen LogP contribution in [0.3, 0.4) is 0 Å². The van der Waals surface area contributed by atoms with Gasteiger partial charge in [0.05, 0.1) is 0 Å². The van der Waals surface area contributed by atoms with E-state index in [2.05, 4.69) is 13.8 Å². The Morgan fingerprint density at radius 1 is 0.857 bits per heavy atom. The third-order valence-electron chi connectivity index (χ3n) is 4.37. The van der Waals surface area contributed by atoms with Crippen molar-refractivity contribution in [2.45, 2.75) is 82.2 Å². The van der Waals surface area contributed by atoms with Crippen molar-refractivity contribution in [2.24, 2.45) is 0 Å². The summed E-state index contributed by atoms with van der Waals surface area (Å²) < 4.78 is 0. The normalized spacial score (nSPS) is 39.4. The average Bonchev–Trinajstić information content (AvgIpc) is 2.85. The second-order valence-electron chi connectivity index (χ2n) is 5.09. The molecule has 14 heavy (non-hydrogen) atoms. The Hall–Kier alpha value is 0.430. The van der Waals surface area contributed by atoms with E-state index in [1.165, 1.54) is 31.3 Å². The van der Waals surface area contributed by atoms with Crippen molar-refractivity contribution < 1.29 is 0 Å². The van der Waals surface area contributed by atoms with Gasteiger partial charge in [0, 0.05) is 0 Å². The highest BCUT2D eigenvalue weighted by Crippen LogP contribution is 2.64. The molecule has 0 amide bonds. The average molecular weight is 212 g/mol. The molecule has 2 aliphatic rings. The number of hydrogen-bond donors (Lipinski definition) is 0. The molecule has 0 aromatic heterocycles. The fraction of sp³-hybridized carbons (Fsp3) is 1.00. The molecule has 2 unspecified atom stereocenters. The lowest BCUT2D eigenvalue weighted by Crippen LogP contribution is -2.12. The molecule has 1 aliphatic carbocycles. The summed E-state index contributed by atoms with van der Waals surface area (Å²) in [7, 11) is 0.427.